The van der Waals surface area contributed by atoms with Crippen molar-refractivity contribution in [3.05, 3.63) is 47.7 Å². The molecule has 8 heteroatoms. The van der Waals surface area contributed by atoms with Gasteiger partial charge in [0.2, 0.25) is 5.91 Å². The molecule has 1 saturated heterocycles. The highest BCUT2D eigenvalue weighted by Crippen LogP contribution is 2.35. The highest BCUT2D eigenvalue weighted by atomic mass is 19.1. The summed E-state index contributed by atoms with van der Waals surface area (Å²) in [6.45, 7) is 1.73. The number of aromatic amines is 1. The zero-order chi connectivity index (χ0) is 22.9. The summed E-state index contributed by atoms with van der Waals surface area (Å²) in [6, 6.07) is 2.03. The highest BCUT2D eigenvalue weighted by Gasteiger charge is 2.28. The van der Waals surface area contributed by atoms with Crippen LogP contribution >= 0.6 is 0 Å². The normalized spacial score (nSPS) is 21.1. The molecule has 2 aliphatic rings. The van der Waals surface area contributed by atoms with Crippen molar-refractivity contribution in [2.24, 2.45) is 11.8 Å². The van der Waals surface area contributed by atoms with E-state index in [1.165, 1.54) is 12.3 Å². The third-order valence-electron chi connectivity index (χ3n) is 7.06. The van der Waals surface area contributed by atoms with E-state index in [1.54, 1.807) is 0 Å². The Morgan fingerprint density at radius 3 is 2.67 bits per heavy atom. The fraction of sp³-hybridized carbons (Fsp3) is 0.480. The third-order valence-corrected chi connectivity index (χ3v) is 7.06. The molecule has 0 radical (unpaired) electrons. The second-order valence-corrected chi connectivity index (χ2v) is 9.40. The minimum absolute atomic E-state index is 0.165. The number of hydrogen-bond donors (Lipinski definition) is 1. The van der Waals surface area contributed by atoms with E-state index in [4.69, 9.17) is 0 Å². The summed E-state index contributed by atoms with van der Waals surface area (Å²) in [4.78, 5) is 25.8. The number of hydrogen-bond acceptors (Lipinski definition) is 3. The molecule has 0 bridgehead atoms. The molecule has 2 aromatic heterocycles. The molecule has 0 unspecified atom stereocenters. The Labute approximate surface area is 190 Å². The summed E-state index contributed by atoms with van der Waals surface area (Å²) >= 11 is 0. The summed E-state index contributed by atoms with van der Waals surface area (Å²) in [5, 5.41) is 0.322. The van der Waals surface area contributed by atoms with E-state index >= 15 is 0 Å². The number of benzene rings is 1. The van der Waals surface area contributed by atoms with Crippen molar-refractivity contribution in [3.63, 3.8) is 0 Å². The van der Waals surface area contributed by atoms with Crippen LogP contribution in [0.5, 0.6) is 0 Å². The molecular weight excluding hydrogens is 429 g/mol. The lowest BCUT2D eigenvalue weighted by atomic mass is 9.77. The van der Waals surface area contributed by atoms with Gasteiger partial charge in [0.1, 0.15) is 11.6 Å². The van der Waals surface area contributed by atoms with Crippen LogP contribution in [0, 0.1) is 29.3 Å². The van der Waals surface area contributed by atoms with E-state index in [0.717, 1.165) is 63.9 Å². The molecule has 3 aromatic rings. The van der Waals surface area contributed by atoms with Crippen molar-refractivity contribution in [2.45, 2.75) is 51.4 Å². The quantitative estimate of drug-likeness (QED) is 0.559. The van der Waals surface area contributed by atoms with Gasteiger partial charge < -0.3 is 9.88 Å². The van der Waals surface area contributed by atoms with E-state index in [0.29, 0.717) is 35.4 Å². The summed E-state index contributed by atoms with van der Waals surface area (Å²) in [6.07, 6.45) is 9.74. The monoisotopic (exact) mass is 456 g/mol. The molecule has 1 aromatic carbocycles. The maximum Gasteiger partial charge on any atom is 0.222 e. The predicted octanol–water partition coefficient (Wildman–Crippen LogP) is 5.40. The number of aromatic nitrogens is 3. The molecule has 33 heavy (non-hydrogen) atoms. The molecule has 174 valence electrons. The minimum atomic E-state index is -0.699. The van der Waals surface area contributed by atoms with Crippen LogP contribution in [0.15, 0.2) is 24.5 Å². The summed E-state index contributed by atoms with van der Waals surface area (Å²) in [5.74, 6) is -0.834. The maximum atomic E-state index is 14.6. The van der Waals surface area contributed by atoms with Gasteiger partial charge in [0.15, 0.2) is 11.6 Å². The zero-order valence-electron chi connectivity index (χ0n) is 18.4. The molecule has 1 amide bonds. The van der Waals surface area contributed by atoms with Crippen molar-refractivity contribution in [3.8, 4) is 11.4 Å². The van der Waals surface area contributed by atoms with Gasteiger partial charge in [-0.3, -0.25) is 4.79 Å². The first-order valence-electron chi connectivity index (χ1n) is 11.7. The first kappa shape index (κ1) is 21.9. The van der Waals surface area contributed by atoms with Gasteiger partial charge in [0, 0.05) is 42.7 Å². The summed E-state index contributed by atoms with van der Waals surface area (Å²) in [5.41, 5.74) is 0.906. The summed E-state index contributed by atoms with van der Waals surface area (Å²) < 4.78 is 42.4. The van der Waals surface area contributed by atoms with E-state index in [1.807, 2.05) is 4.90 Å². The molecule has 1 N–H and O–H groups in total. The fourth-order valence-electron chi connectivity index (χ4n) is 5.40. The number of carbonyl (C=O) groups excluding carboxylic acids is 1. The Hall–Kier alpha value is -2.90. The number of likely N-dealkylation sites (tertiary alicyclic amines) is 1. The maximum absolute atomic E-state index is 14.6. The van der Waals surface area contributed by atoms with Crippen LogP contribution in [0.4, 0.5) is 13.2 Å². The van der Waals surface area contributed by atoms with Crippen molar-refractivity contribution in [1.82, 2.24) is 19.9 Å². The first-order valence-corrected chi connectivity index (χ1v) is 11.7. The van der Waals surface area contributed by atoms with Gasteiger partial charge >= 0.3 is 0 Å². The Bertz CT molecular complexity index is 1170. The van der Waals surface area contributed by atoms with Crippen molar-refractivity contribution < 1.29 is 18.0 Å². The molecule has 1 aliphatic carbocycles. The second kappa shape index (κ2) is 9.15. The lowest BCUT2D eigenvalue weighted by Gasteiger charge is -2.30. The van der Waals surface area contributed by atoms with Crippen molar-refractivity contribution >= 4 is 16.8 Å². The standard InChI is InChI=1S/C25H27F3N4O/c26-17-11-18-19(13-29-24(18)20(27)12-17)25-30-14-21(28)22(31-25)9-15-4-3-5-16(8-15)10-23(33)32-6-1-2-7-32/h11-16,29H,1-10H2/t15-,16+/m0/s1. The minimum Gasteiger partial charge on any atom is -0.358 e. The van der Waals surface area contributed by atoms with Crippen LogP contribution in [0.3, 0.4) is 0 Å². The number of carbonyl (C=O) groups is 1. The van der Waals surface area contributed by atoms with Gasteiger partial charge in [-0.2, -0.15) is 0 Å². The number of halogens is 3. The third kappa shape index (κ3) is 4.61. The molecule has 2 atom stereocenters. The number of rotatable bonds is 5. The Morgan fingerprint density at radius 2 is 1.85 bits per heavy atom. The van der Waals surface area contributed by atoms with E-state index in [9.17, 15) is 18.0 Å². The van der Waals surface area contributed by atoms with Crippen molar-refractivity contribution in [2.75, 3.05) is 13.1 Å². The predicted molar refractivity (Wildman–Crippen MR) is 119 cm³/mol. The van der Waals surface area contributed by atoms with Gasteiger partial charge in [-0.1, -0.05) is 12.8 Å². The Kier molecular flexibility index (Phi) is 6.08. The Morgan fingerprint density at radius 1 is 1.06 bits per heavy atom. The topological polar surface area (TPSA) is 61.9 Å². The molecular formula is C25H27F3N4O. The SMILES string of the molecule is O=C(C[C@@H]1CCC[C@H](Cc2nc(-c3c[nH]c4c(F)cc(F)cc34)ncc2F)C1)N1CCCC1. The fourth-order valence-corrected chi connectivity index (χ4v) is 5.40. The van der Waals surface area contributed by atoms with Crippen molar-refractivity contribution in [1.29, 1.82) is 0 Å². The van der Waals surface area contributed by atoms with Crippen LogP contribution in [0.25, 0.3) is 22.3 Å². The van der Waals surface area contributed by atoms with Gasteiger partial charge in [-0.05, 0) is 50.0 Å². The molecule has 0 spiro atoms. The van der Waals surface area contributed by atoms with Gasteiger partial charge in [0.25, 0.3) is 0 Å². The van der Waals surface area contributed by atoms with Crippen LogP contribution < -0.4 is 0 Å². The van der Waals surface area contributed by atoms with Gasteiger partial charge in [-0.15, -0.1) is 0 Å². The molecule has 2 fully saturated rings. The molecule has 1 saturated carbocycles. The lowest BCUT2D eigenvalue weighted by molar-refractivity contribution is -0.131. The highest BCUT2D eigenvalue weighted by molar-refractivity contribution is 5.94. The van der Waals surface area contributed by atoms with Crippen LogP contribution in [-0.4, -0.2) is 38.8 Å². The number of nitrogens with zero attached hydrogens (tertiary/aromatic N) is 3. The number of fused-ring (bicyclic) bond motifs is 1. The first-order chi connectivity index (χ1) is 16.0. The summed E-state index contributed by atoms with van der Waals surface area (Å²) in [7, 11) is 0. The van der Waals surface area contributed by atoms with E-state index < -0.39 is 17.5 Å². The molecule has 5 nitrogen and oxygen atoms in total. The second-order valence-electron chi connectivity index (χ2n) is 9.40. The molecule has 5 rings (SSSR count). The molecule has 3 heterocycles. The van der Waals surface area contributed by atoms with Gasteiger partial charge in [0.05, 0.1) is 17.4 Å². The van der Waals surface area contributed by atoms with Crippen LogP contribution in [0.1, 0.15) is 50.6 Å². The average molecular weight is 457 g/mol. The number of H-pyrrole nitrogens is 1. The van der Waals surface area contributed by atoms with Crippen LogP contribution in [0.2, 0.25) is 0 Å². The van der Waals surface area contributed by atoms with Crippen LogP contribution in [-0.2, 0) is 11.2 Å². The average Bonchev–Trinajstić information content (AvgIpc) is 3.46. The lowest BCUT2D eigenvalue weighted by Crippen LogP contribution is -2.31. The number of nitrogens with one attached hydrogen (secondary N) is 1. The van der Waals surface area contributed by atoms with E-state index in [-0.39, 0.29) is 23.2 Å². The molecule has 1 aliphatic heterocycles. The smallest absolute Gasteiger partial charge is 0.222 e. The largest absolute Gasteiger partial charge is 0.358 e. The van der Waals surface area contributed by atoms with E-state index in [2.05, 4.69) is 15.0 Å². The van der Waals surface area contributed by atoms with Gasteiger partial charge in [-0.25, -0.2) is 23.1 Å². The zero-order valence-corrected chi connectivity index (χ0v) is 18.4. The number of amides is 1. The Balaban J connectivity index is 1.32.